The molecule has 2 aromatic rings. The summed E-state index contributed by atoms with van der Waals surface area (Å²) in [6, 6.07) is 6.93. The Morgan fingerprint density at radius 1 is 1.25 bits per heavy atom. The van der Waals surface area contributed by atoms with Gasteiger partial charge < -0.3 is 14.0 Å². The molecule has 0 aliphatic carbocycles. The van der Waals surface area contributed by atoms with Crippen molar-refractivity contribution in [3.63, 3.8) is 0 Å². The highest BCUT2D eigenvalue weighted by Crippen LogP contribution is 2.24. The summed E-state index contributed by atoms with van der Waals surface area (Å²) in [5, 5.41) is 0.978. The molecule has 0 saturated heterocycles. The van der Waals surface area contributed by atoms with Crippen LogP contribution in [0.25, 0.3) is 10.9 Å². The Bertz CT molecular complexity index is 660. The van der Waals surface area contributed by atoms with Crippen LogP contribution < -0.4 is 5.43 Å². The Balaban J connectivity index is 2.66. The van der Waals surface area contributed by atoms with Gasteiger partial charge in [-0.1, -0.05) is 17.7 Å². The van der Waals surface area contributed by atoms with Crippen LogP contribution in [0.1, 0.15) is 25.8 Å². The first kappa shape index (κ1) is 15.0. The van der Waals surface area contributed by atoms with Gasteiger partial charge in [-0.15, -0.1) is 0 Å². The van der Waals surface area contributed by atoms with E-state index in [0.29, 0.717) is 29.3 Å². The number of pyridine rings is 1. The second kappa shape index (κ2) is 6.39. The lowest BCUT2D eigenvalue weighted by atomic mass is 10.1. The van der Waals surface area contributed by atoms with Crippen molar-refractivity contribution < 1.29 is 9.47 Å². The van der Waals surface area contributed by atoms with Gasteiger partial charge in [-0.3, -0.25) is 4.79 Å². The second-order valence-electron chi connectivity index (χ2n) is 4.37. The van der Waals surface area contributed by atoms with Crippen LogP contribution in [0.15, 0.2) is 29.1 Å². The molecule has 0 fully saturated rings. The molecule has 0 radical (unpaired) electrons. The number of hydrogen-bond donors (Lipinski definition) is 0. The van der Waals surface area contributed by atoms with E-state index in [0.717, 1.165) is 5.52 Å². The minimum Gasteiger partial charge on any atom is -0.347 e. The maximum Gasteiger partial charge on any atom is 0.199 e. The summed E-state index contributed by atoms with van der Waals surface area (Å²) >= 11 is 6.11. The van der Waals surface area contributed by atoms with Crippen LogP contribution in [-0.4, -0.2) is 17.8 Å². The zero-order valence-corrected chi connectivity index (χ0v) is 12.6. The number of benzene rings is 1. The van der Waals surface area contributed by atoms with Crippen molar-refractivity contribution in [3.05, 3.63) is 45.2 Å². The topological polar surface area (TPSA) is 40.5 Å². The van der Waals surface area contributed by atoms with Crippen molar-refractivity contribution in [2.45, 2.75) is 20.1 Å². The molecule has 108 valence electrons. The fraction of sp³-hybridized carbons (Fsp3) is 0.400. The minimum atomic E-state index is -0.550. The number of aromatic nitrogens is 1. The Kier molecular flexibility index (Phi) is 4.81. The van der Waals surface area contributed by atoms with E-state index in [2.05, 4.69) is 0 Å². The smallest absolute Gasteiger partial charge is 0.199 e. The molecular weight excluding hydrogens is 278 g/mol. The zero-order chi connectivity index (χ0) is 14.7. The molecule has 20 heavy (non-hydrogen) atoms. The van der Waals surface area contributed by atoms with Gasteiger partial charge in [0.05, 0.1) is 21.6 Å². The van der Waals surface area contributed by atoms with Crippen molar-refractivity contribution >= 4 is 22.5 Å². The summed E-state index contributed by atoms with van der Waals surface area (Å²) < 4.78 is 13.0. The van der Waals surface area contributed by atoms with Crippen molar-refractivity contribution in [2.75, 3.05) is 13.2 Å². The minimum absolute atomic E-state index is 0.122. The van der Waals surface area contributed by atoms with Crippen molar-refractivity contribution in [1.82, 2.24) is 4.57 Å². The number of nitrogens with zero attached hydrogens (tertiary/aromatic N) is 1. The lowest BCUT2D eigenvalue weighted by molar-refractivity contribution is -0.144. The van der Waals surface area contributed by atoms with Crippen molar-refractivity contribution in [3.8, 4) is 0 Å². The second-order valence-corrected chi connectivity index (χ2v) is 4.78. The Morgan fingerprint density at radius 3 is 2.50 bits per heavy atom. The molecule has 0 aliphatic rings. The van der Waals surface area contributed by atoms with E-state index in [-0.39, 0.29) is 5.43 Å². The Hall–Kier alpha value is -1.36. The van der Waals surface area contributed by atoms with Crippen molar-refractivity contribution in [2.24, 2.45) is 7.05 Å². The molecule has 5 heteroatoms. The molecule has 0 bridgehead atoms. The van der Waals surface area contributed by atoms with Gasteiger partial charge in [0.1, 0.15) is 0 Å². The van der Waals surface area contributed by atoms with E-state index in [1.165, 1.54) is 6.07 Å². The number of hydrogen-bond acceptors (Lipinski definition) is 3. The summed E-state index contributed by atoms with van der Waals surface area (Å²) in [5.41, 5.74) is 1.33. The van der Waals surface area contributed by atoms with Crippen LogP contribution in [-0.2, 0) is 16.5 Å². The zero-order valence-electron chi connectivity index (χ0n) is 11.9. The molecule has 0 N–H and O–H groups in total. The van der Waals surface area contributed by atoms with Crippen LogP contribution >= 0.6 is 11.6 Å². The first-order chi connectivity index (χ1) is 9.60. The van der Waals surface area contributed by atoms with Crippen LogP contribution in [0.3, 0.4) is 0 Å². The van der Waals surface area contributed by atoms with E-state index >= 15 is 0 Å². The van der Waals surface area contributed by atoms with E-state index in [4.69, 9.17) is 21.1 Å². The van der Waals surface area contributed by atoms with Gasteiger partial charge in [-0.05, 0) is 26.0 Å². The van der Waals surface area contributed by atoms with E-state index in [9.17, 15) is 4.79 Å². The highest BCUT2D eigenvalue weighted by molar-refractivity contribution is 6.35. The van der Waals surface area contributed by atoms with Gasteiger partial charge in [0, 0.05) is 26.3 Å². The third-order valence-electron chi connectivity index (χ3n) is 3.14. The van der Waals surface area contributed by atoms with E-state index in [1.54, 1.807) is 6.07 Å². The summed E-state index contributed by atoms with van der Waals surface area (Å²) in [6.07, 6.45) is -0.550. The molecule has 2 rings (SSSR count). The first-order valence-corrected chi connectivity index (χ1v) is 6.99. The highest BCUT2D eigenvalue weighted by atomic mass is 35.5. The molecule has 0 atom stereocenters. The monoisotopic (exact) mass is 295 g/mol. The largest absolute Gasteiger partial charge is 0.347 e. The number of halogens is 1. The molecule has 0 unspecified atom stereocenters. The standard InChI is InChI=1S/C15H18ClNO3/c1-4-19-15(20-5-2)12-9-13(18)14-10(16)7-6-8-11(14)17(12)3/h6-9,15H,4-5H2,1-3H3. The lowest BCUT2D eigenvalue weighted by Crippen LogP contribution is -2.19. The van der Waals surface area contributed by atoms with Gasteiger partial charge in [0.25, 0.3) is 0 Å². The van der Waals surface area contributed by atoms with Crippen LogP contribution in [0, 0.1) is 0 Å². The quantitative estimate of drug-likeness (QED) is 0.795. The average molecular weight is 296 g/mol. The maximum atomic E-state index is 12.3. The molecule has 4 nitrogen and oxygen atoms in total. The molecule has 1 heterocycles. The number of fused-ring (bicyclic) bond motifs is 1. The predicted octanol–water partition coefficient (Wildman–Crippen LogP) is 3.26. The maximum absolute atomic E-state index is 12.3. The predicted molar refractivity (Wildman–Crippen MR) is 80.2 cm³/mol. The number of ether oxygens (including phenoxy) is 2. The van der Waals surface area contributed by atoms with Gasteiger partial charge >= 0.3 is 0 Å². The fourth-order valence-electron chi connectivity index (χ4n) is 2.23. The van der Waals surface area contributed by atoms with Crippen LogP contribution in [0.2, 0.25) is 5.02 Å². The van der Waals surface area contributed by atoms with E-state index in [1.807, 2.05) is 37.6 Å². The molecule has 0 amide bonds. The third kappa shape index (κ3) is 2.73. The molecule has 0 saturated carbocycles. The van der Waals surface area contributed by atoms with Gasteiger partial charge in [0.2, 0.25) is 0 Å². The Labute approximate surface area is 122 Å². The lowest BCUT2D eigenvalue weighted by Gasteiger charge is -2.21. The third-order valence-corrected chi connectivity index (χ3v) is 3.46. The number of rotatable bonds is 5. The average Bonchev–Trinajstić information content (AvgIpc) is 2.42. The summed E-state index contributed by atoms with van der Waals surface area (Å²) in [6.45, 7) is 4.79. The molecule has 1 aromatic carbocycles. The SMILES string of the molecule is CCOC(OCC)c1cc(=O)c2c(Cl)cccc2n1C. The van der Waals surface area contributed by atoms with Gasteiger partial charge in [-0.2, -0.15) is 0 Å². The fourth-order valence-corrected chi connectivity index (χ4v) is 2.49. The van der Waals surface area contributed by atoms with Gasteiger partial charge in [0.15, 0.2) is 11.7 Å². The number of aryl methyl sites for hydroxylation is 1. The molecule has 1 aromatic heterocycles. The molecule has 0 spiro atoms. The summed E-state index contributed by atoms with van der Waals surface area (Å²) in [5.74, 6) is 0. The normalized spacial score (nSPS) is 11.4. The summed E-state index contributed by atoms with van der Waals surface area (Å²) in [4.78, 5) is 12.3. The first-order valence-electron chi connectivity index (χ1n) is 6.61. The molecule has 0 aliphatic heterocycles. The van der Waals surface area contributed by atoms with Crippen LogP contribution in [0.5, 0.6) is 0 Å². The van der Waals surface area contributed by atoms with Crippen LogP contribution in [0.4, 0.5) is 0 Å². The Morgan fingerprint density at radius 2 is 1.90 bits per heavy atom. The molecular formula is C15H18ClNO3. The van der Waals surface area contributed by atoms with Crippen molar-refractivity contribution in [1.29, 1.82) is 0 Å². The van der Waals surface area contributed by atoms with Gasteiger partial charge in [-0.25, -0.2) is 0 Å². The highest BCUT2D eigenvalue weighted by Gasteiger charge is 2.18. The van der Waals surface area contributed by atoms with E-state index < -0.39 is 6.29 Å². The summed E-state index contributed by atoms with van der Waals surface area (Å²) in [7, 11) is 1.87.